The van der Waals surface area contributed by atoms with Crippen molar-refractivity contribution in [3.8, 4) is 0 Å². The summed E-state index contributed by atoms with van der Waals surface area (Å²) in [6, 6.07) is 9.38. The molecule has 0 saturated carbocycles. The third kappa shape index (κ3) is 1.78. The largest absolute Gasteiger partial charge is 0.315 e. The first-order valence-corrected chi connectivity index (χ1v) is 4.22. The van der Waals surface area contributed by atoms with Crippen molar-refractivity contribution in [2.45, 2.75) is 19.4 Å². The van der Waals surface area contributed by atoms with Crippen LogP contribution in [-0.2, 0) is 10.3 Å². The maximum Gasteiger partial charge on any atom is 0.144 e. The van der Waals surface area contributed by atoms with E-state index >= 15 is 0 Å². The number of rotatable bonds is 3. The van der Waals surface area contributed by atoms with Crippen molar-refractivity contribution in [2.75, 3.05) is 0 Å². The minimum Gasteiger partial charge on any atom is -0.315 e. The summed E-state index contributed by atoms with van der Waals surface area (Å²) in [4.78, 5) is 10.9. The average molecular weight is 176 g/mol. The summed E-state index contributed by atoms with van der Waals surface area (Å²) in [5.41, 5.74) is 5.86. The molecule has 1 radical (unpaired) electrons. The Labute approximate surface area is 78.8 Å². The maximum atomic E-state index is 10.9. The van der Waals surface area contributed by atoms with E-state index in [1.807, 2.05) is 44.2 Å². The first kappa shape index (κ1) is 9.93. The fourth-order valence-electron chi connectivity index (χ4n) is 1.19. The molecule has 0 aromatic heterocycles. The Hall–Kier alpha value is -1.15. The van der Waals surface area contributed by atoms with Gasteiger partial charge in [-0.3, -0.25) is 0 Å². The van der Waals surface area contributed by atoms with Gasteiger partial charge in [0.2, 0.25) is 0 Å². The van der Waals surface area contributed by atoms with Crippen LogP contribution in [0.15, 0.2) is 30.3 Å². The first-order valence-electron chi connectivity index (χ1n) is 4.22. The molecule has 0 bridgehead atoms. The summed E-state index contributed by atoms with van der Waals surface area (Å²) in [7, 11) is 0. The lowest BCUT2D eigenvalue weighted by atomic mass is 9.82. The molecule has 2 nitrogen and oxygen atoms in total. The van der Waals surface area contributed by atoms with E-state index < -0.39 is 5.54 Å². The Morgan fingerprint density at radius 2 is 1.85 bits per heavy atom. The molecule has 0 aliphatic carbocycles. The van der Waals surface area contributed by atoms with E-state index in [4.69, 9.17) is 5.73 Å². The second-order valence-corrected chi connectivity index (χ2v) is 3.35. The highest BCUT2D eigenvalue weighted by Gasteiger charge is 2.30. The molecular weight excluding hydrogens is 162 g/mol. The van der Waals surface area contributed by atoms with E-state index in [0.29, 0.717) is 0 Å². The summed E-state index contributed by atoms with van der Waals surface area (Å²) in [6.45, 7) is 3.72. The molecule has 0 fully saturated rings. The van der Waals surface area contributed by atoms with Crippen molar-refractivity contribution in [2.24, 2.45) is 5.73 Å². The minimum atomic E-state index is -0.929. The maximum absolute atomic E-state index is 10.9. The molecule has 1 rings (SSSR count). The summed E-state index contributed by atoms with van der Waals surface area (Å²) in [6.07, 6.45) is 0.789. The van der Waals surface area contributed by atoms with Crippen LogP contribution in [0.3, 0.4) is 0 Å². The molecule has 0 saturated heterocycles. The molecule has 1 unspecified atom stereocenters. The predicted octanol–water partition coefficient (Wildman–Crippen LogP) is 1.65. The first-order chi connectivity index (χ1) is 6.11. The van der Waals surface area contributed by atoms with Crippen LogP contribution < -0.4 is 5.73 Å². The Balaban J connectivity index is 3.10. The van der Waals surface area contributed by atoms with Gasteiger partial charge in [-0.25, -0.2) is 0 Å². The molecule has 0 aliphatic heterocycles. The highest BCUT2D eigenvalue weighted by Crippen LogP contribution is 2.25. The normalized spacial score (nSPS) is 15.4. The van der Waals surface area contributed by atoms with Gasteiger partial charge in [0.05, 0.1) is 0 Å². The number of aldehydes is 1. The van der Waals surface area contributed by atoms with Crippen LogP contribution in [0.25, 0.3) is 0 Å². The van der Waals surface area contributed by atoms with E-state index in [-0.39, 0.29) is 0 Å². The molecule has 1 aromatic rings. The summed E-state index contributed by atoms with van der Waals surface area (Å²) in [5.74, 6) is 0.897. The van der Waals surface area contributed by atoms with E-state index in [1.165, 1.54) is 0 Å². The fraction of sp³-hybridized carbons (Fsp3) is 0.273. The van der Waals surface area contributed by atoms with Crippen LogP contribution in [0.4, 0.5) is 0 Å². The number of nitrogens with two attached hydrogens (primary N) is 1. The molecule has 0 spiro atoms. The summed E-state index contributed by atoms with van der Waals surface area (Å²) >= 11 is 0. The number of carbonyl (C=O) groups is 1. The van der Waals surface area contributed by atoms with Gasteiger partial charge < -0.3 is 10.5 Å². The van der Waals surface area contributed by atoms with E-state index in [2.05, 4.69) is 0 Å². The van der Waals surface area contributed by atoms with Crippen LogP contribution in [0, 0.1) is 5.92 Å². The molecule has 0 amide bonds. The zero-order chi connectivity index (χ0) is 9.90. The van der Waals surface area contributed by atoms with E-state index in [0.717, 1.165) is 17.8 Å². The molecule has 0 aliphatic rings. The van der Waals surface area contributed by atoms with Crippen LogP contribution in [0.1, 0.15) is 19.4 Å². The van der Waals surface area contributed by atoms with Gasteiger partial charge in [0.1, 0.15) is 11.8 Å². The molecular formula is C11H14NO. The predicted molar refractivity (Wildman–Crippen MR) is 53.0 cm³/mol. The van der Waals surface area contributed by atoms with Crippen LogP contribution in [0.5, 0.6) is 0 Å². The fourth-order valence-corrected chi connectivity index (χ4v) is 1.19. The second-order valence-electron chi connectivity index (χ2n) is 3.35. The topological polar surface area (TPSA) is 43.1 Å². The Morgan fingerprint density at radius 3 is 2.23 bits per heavy atom. The highest BCUT2D eigenvalue weighted by molar-refractivity contribution is 5.71. The third-order valence-electron chi connectivity index (χ3n) is 2.26. The number of benzene rings is 1. The Bertz CT molecular complexity index is 281. The zero-order valence-electron chi connectivity index (χ0n) is 7.95. The number of hydrogen-bond donors (Lipinski definition) is 1. The van der Waals surface area contributed by atoms with Crippen molar-refractivity contribution in [1.29, 1.82) is 0 Å². The molecule has 1 atom stereocenters. The third-order valence-corrected chi connectivity index (χ3v) is 2.26. The smallest absolute Gasteiger partial charge is 0.144 e. The molecule has 2 heteroatoms. The van der Waals surface area contributed by atoms with Crippen molar-refractivity contribution in [1.82, 2.24) is 0 Å². The van der Waals surface area contributed by atoms with Crippen molar-refractivity contribution < 1.29 is 4.79 Å². The summed E-state index contributed by atoms with van der Waals surface area (Å²) in [5, 5.41) is 0. The molecule has 1 aromatic carbocycles. The molecule has 2 N–H and O–H groups in total. The monoisotopic (exact) mass is 176 g/mol. The number of hydrogen-bond acceptors (Lipinski definition) is 2. The lowest BCUT2D eigenvalue weighted by Gasteiger charge is -2.27. The van der Waals surface area contributed by atoms with E-state index in [1.54, 1.807) is 0 Å². The molecule has 13 heavy (non-hydrogen) atoms. The quantitative estimate of drug-likeness (QED) is 0.712. The van der Waals surface area contributed by atoms with Gasteiger partial charge >= 0.3 is 0 Å². The zero-order valence-corrected chi connectivity index (χ0v) is 7.95. The van der Waals surface area contributed by atoms with Crippen LogP contribution in [-0.4, -0.2) is 6.29 Å². The lowest BCUT2D eigenvalue weighted by molar-refractivity contribution is -0.111. The van der Waals surface area contributed by atoms with Gasteiger partial charge in [0.25, 0.3) is 0 Å². The van der Waals surface area contributed by atoms with Gasteiger partial charge in [-0.05, 0) is 5.56 Å². The minimum absolute atomic E-state index is 0.789. The van der Waals surface area contributed by atoms with Crippen molar-refractivity contribution in [3.05, 3.63) is 41.8 Å². The Morgan fingerprint density at radius 1 is 1.31 bits per heavy atom. The highest BCUT2D eigenvalue weighted by atomic mass is 16.1. The average Bonchev–Trinajstić information content (AvgIpc) is 2.17. The van der Waals surface area contributed by atoms with Crippen molar-refractivity contribution >= 4 is 6.29 Å². The number of carbonyl (C=O) groups excluding carboxylic acids is 1. The van der Waals surface area contributed by atoms with Crippen LogP contribution >= 0.6 is 0 Å². The lowest BCUT2D eigenvalue weighted by Crippen LogP contribution is -2.42. The standard InChI is InChI=1S/C11H14NO/c1-9(2)11(12,8-13)10-6-4-3-5-7-10/h3-8H,12H2,1-2H3. The van der Waals surface area contributed by atoms with Gasteiger partial charge in [-0.1, -0.05) is 44.2 Å². The van der Waals surface area contributed by atoms with Gasteiger partial charge in [-0.2, -0.15) is 0 Å². The van der Waals surface area contributed by atoms with Gasteiger partial charge in [0, 0.05) is 5.92 Å². The Kier molecular flexibility index (Phi) is 2.83. The van der Waals surface area contributed by atoms with Crippen molar-refractivity contribution in [3.63, 3.8) is 0 Å². The van der Waals surface area contributed by atoms with Crippen LogP contribution in [0.2, 0.25) is 0 Å². The SMILES string of the molecule is C[C](C)C(N)(C=O)c1ccccc1. The second kappa shape index (κ2) is 3.71. The molecule has 0 heterocycles. The molecule has 69 valence electrons. The van der Waals surface area contributed by atoms with E-state index in [9.17, 15) is 4.79 Å². The van der Waals surface area contributed by atoms with Gasteiger partial charge in [-0.15, -0.1) is 0 Å². The van der Waals surface area contributed by atoms with Gasteiger partial charge in [0.15, 0.2) is 0 Å². The summed E-state index contributed by atoms with van der Waals surface area (Å²) < 4.78 is 0.